The van der Waals surface area contributed by atoms with Gasteiger partial charge in [-0.15, -0.1) is 0 Å². The van der Waals surface area contributed by atoms with Gasteiger partial charge in [-0.2, -0.15) is 0 Å². The van der Waals surface area contributed by atoms with E-state index in [1.165, 1.54) is 0 Å². The molecule has 0 fully saturated rings. The van der Waals surface area contributed by atoms with E-state index in [0.717, 1.165) is 6.54 Å². The van der Waals surface area contributed by atoms with E-state index in [2.05, 4.69) is 10.6 Å². The van der Waals surface area contributed by atoms with Crippen molar-refractivity contribution < 1.29 is 14.3 Å². The molecular weight excluding hydrogens is 256 g/mol. The summed E-state index contributed by atoms with van der Waals surface area (Å²) in [6, 6.07) is 6.87. The maximum atomic E-state index is 11.8. The van der Waals surface area contributed by atoms with E-state index in [-0.39, 0.29) is 17.9 Å². The number of esters is 1. The van der Waals surface area contributed by atoms with E-state index >= 15 is 0 Å². The molecule has 2 N–H and O–H groups in total. The first-order valence-corrected chi connectivity index (χ1v) is 6.87. The molecule has 0 aliphatic carbocycles. The van der Waals surface area contributed by atoms with Crippen LogP contribution in [0, 0.1) is 0 Å². The van der Waals surface area contributed by atoms with Gasteiger partial charge in [0.2, 0.25) is 5.91 Å². The average Bonchev–Trinajstić information content (AvgIpc) is 2.39. The quantitative estimate of drug-likeness (QED) is 0.750. The lowest BCUT2D eigenvalue weighted by atomic mass is 10.2. The Hall–Kier alpha value is -1.88. The van der Waals surface area contributed by atoms with Crippen LogP contribution in [0.1, 0.15) is 37.6 Å². The van der Waals surface area contributed by atoms with Crippen LogP contribution in [0.5, 0.6) is 0 Å². The van der Waals surface area contributed by atoms with E-state index < -0.39 is 0 Å². The Kier molecular flexibility index (Phi) is 6.73. The second-order valence-corrected chi connectivity index (χ2v) is 4.51. The Morgan fingerprint density at radius 2 is 2.05 bits per heavy atom. The number of hydrogen-bond acceptors (Lipinski definition) is 4. The molecule has 1 aromatic rings. The first-order chi connectivity index (χ1) is 9.56. The monoisotopic (exact) mass is 278 g/mol. The summed E-state index contributed by atoms with van der Waals surface area (Å²) in [4.78, 5) is 23.4. The Bertz CT molecular complexity index is 460. The number of benzene rings is 1. The zero-order valence-electron chi connectivity index (χ0n) is 12.2. The molecule has 1 aromatic carbocycles. The molecule has 0 radical (unpaired) electrons. The minimum atomic E-state index is -0.385. The van der Waals surface area contributed by atoms with Crippen LogP contribution in [0.15, 0.2) is 24.3 Å². The van der Waals surface area contributed by atoms with E-state index in [9.17, 15) is 9.59 Å². The summed E-state index contributed by atoms with van der Waals surface area (Å²) >= 11 is 0. The minimum Gasteiger partial charge on any atom is -0.462 e. The van der Waals surface area contributed by atoms with Crippen LogP contribution in [-0.2, 0) is 9.53 Å². The summed E-state index contributed by atoms with van der Waals surface area (Å²) in [6.07, 6.45) is 0.386. The normalized spacial score (nSPS) is 11.8. The molecule has 0 spiro atoms. The second kappa shape index (κ2) is 8.32. The lowest BCUT2D eigenvalue weighted by molar-refractivity contribution is -0.116. The third-order valence-electron chi connectivity index (χ3n) is 2.70. The van der Waals surface area contributed by atoms with Crippen LogP contribution in [0.4, 0.5) is 5.69 Å². The summed E-state index contributed by atoms with van der Waals surface area (Å²) in [7, 11) is 0. The first-order valence-electron chi connectivity index (χ1n) is 6.87. The third-order valence-corrected chi connectivity index (χ3v) is 2.70. The van der Waals surface area contributed by atoms with E-state index in [1.807, 2.05) is 13.8 Å². The molecule has 1 unspecified atom stereocenters. The Morgan fingerprint density at radius 1 is 1.30 bits per heavy atom. The highest BCUT2D eigenvalue weighted by molar-refractivity contribution is 5.94. The number of anilines is 1. The van der Waals surface area contributed by atoms with E-state index in [1.54, 1.807) is 31.2 Å². The number of hydrogen-bond donors (Lipinski definition) is 2. The Morgan fingerprint density at radius 3 is 2.70 bits per heavy atom. The standard InChI is InChI=1S/C15H22N2O3/c1-4-16-11(3)9-14(18)17-13-8-6-7-12(10-13)15(19)20-5-2/h6-8,10-11,16H,4-5,9H2,1-3H3,(H,17,18). The van der Waals surface area contributed by atoms with Crippen LogP contribution in [0.3, 0.4) is 0 Å². The molecule has 0 saturated carbocycles. The molecule has 0 heterocycles. The van der Waals surface area contributed by atoms with E-state index in [4.69, 9.17) is 4.74 Å². The van der Waals surface area contributed by atoms with Crippen molar-refractivity contribution >= 4 is 17.6 Å². The molecule has 1 atom stereocenters. The maximum absolute atomic E-state index is 11.8. The van der Waals surface area contributed by atoms with Gasteiger partial charge in [0, 0.05) is 18.2 Å². The molecule has 5 nitrogen and oxygen atoms in total. The van der Waals surface area contributed by atoms with Crippen molar-refractivity contribution in [2.45, 2.75) is 33.2 Å². The summed E-state index contributed by atoms with van der Waals surface area (Å²) < 4.78 is 4.92. The summed E-state index contributed by atoms with van der Waals surface area (Å²) in [6.45, 7) is 6.86. The van der Waals surface area contributed by atoms with Gasteiger partial charge in [0.15, 0.2) is 0 Å². The molecule has 1 rings (SSSR count). The fourth-order valence-electron chi connectivity index (χ4n) is 1.85. The van der Waals surface area contributed by atoms with Crippen molar-refractivity contribution in [2.24, 2.45) is 0 Å². The first kappa shape index (κ1) is 16.2. The fourth-order valence-corrected chi connectivity index (χ4v) is 1.85. The van der Waals surface area contributed by atoms with Crippen molar-refractivity contribution in [3.05, 3.63) is 29.8 Å². The van der Waals surface area contributed by atoms with Gasteiger partial charge >= 0.3 is 5.97 Å². The second-order valence-electron chi connectivity index (χ2n) is 4.51. The smallest absolute Gasteiger partial charge is 0.338 e. The highest BCUT2D eigenvalue weighted by Crippen LogP contribution is 2.12. The minimum absolute atomic E-state index is 0.0838. The van der Waals surface area contributed by atoms with E-state index in [0.29, 0.717) is 24.3 Å². The molecule has 110 valence electrons. The number of rotatable bonds is 7. The molecule has 0 aliphatic rings. The van der Waals surface area contributed by atoms with Crippen molar-refractivity contribution in [1.82, 2.24) is 5.32 Å². The van der Waals surface area contributed by atoms with Crippen molar-refractivity contribution in [3.8, 4) is 0 Å². The van der Waals surface area contributed by atoms with Crippen molar-refractivity contribution in [2.75, 3.05) is 18.5 Å². The zero-order chi connectivity index (χ0) is 15.0. The van der Waals surface area contributed by atoms with Crippen molar-refractivity contribution in [3.63, 3.8) is 0 Å². The average molecular weight is 278 g/mol. The number of ether oxygens (including phenoxy) is 1. The zero-order valence-corrected chi connectivity index (χ0v) is 12.2. The van der Waals surface area contributed by atoms with Gasteiger partial charge in [-0.1, -0.05) is 13.0 Å². The van der Waals surface area contributed by atoms with Gasteiger partial charge in [-0.25, -0.2) is 4.79 Å². The fraction of sp³-hybridized carbons (Fsp3) is 0.467. The van der Waals surface area contributed by atoms with Crippen LogP contribution in [-0.4, -0.2) is 31.1 Å². The van der Waals surface area contributed by atoms with Crippen LogP contribution < -0.4 is 10.6 Å². The van der Waals surface area contributed by atoms with Crippen LogP contribution in [0.25, 0.3) is 0 Å². The number of nitrogens with one attached hydrogen (secondary N) is 2. The Labute approximate surface area is 119 Å². The molecular formula is C15H22N2O3. The predicted octanol–water partition coefficient (Wildman–Crippen LogP) is 2.19. The lowest BCUT2D eigenvalue weighted by Crippen LogP contribution is -2.30. The summed E-state index contributed by atoms with van der Waals surface area (Å²) in [5.41, 5.74) is 1.04. The van der Waals surface area contributed by atoms with Crippen LogP contribution >= 0.6 is 0 Å². The van der Waals surface area contributed by atoms with Crippen molar-refractivity contribution in [1.29, 1.82) is 0 Å². The van der Waals surface area contributed by atoms with Gasteiger partial charge in [0.25, 0.3) is 0 Å². The molecule has 20 heavy (non-hydrogen) atoms. The highest BCUT2D eigenvalue weighted by Gasteiger charge is 2.10. The van der Waals surface area contributed by atoms with Gasteiger partial charge < -0.3 is 15.4 Å². The molecule has 0 aliphatic heterocycles. The predicted molar refractivity (Wildman–Crippen MR) is 78.8 cm³/mol. The lowest BCUT2D eigenvalue weighted by Gasteiger charge is -2.12. The summed E-state index contributed by atoms with van der Waals surface area (Å²) in [5.74, 6) is -0.468. The molecule has 1 amide bonds. The Balaban J connectivity index is 2.61. The molecule has 0 saturated heterocycles. The van der Waals surface area contributed by atoms with Gasteiger partial charge in [-0.3, -0.25) is 4.79 Å². The number of carbonyl (C=O) groups excluding carboxylic acids is 2. The van der Waals surface area contributed by atoms with Gasteiger partial charge in [0.05, 0.1) is 12.2 Å². The van der Waals surface area contributed by atoms with Crippen LogP contribution in [0.2, 0.25) is 0 Å². The molecule has 5 heteroatoms. The third kappa shape index (κ3) is 5.40. The SMILES string of the molecule is CCNC(C)CC(=O)Nc1cccc(C(=O)OCC)c1. The molecule has 0 aromatic heterocycles. The number of amides is 1. The number of carbonyl (C=O) groups is 2. The molecule has 0 bridgehead atoms. The van der Waals surface area contributed by atoms with Gasteiger partial charge in [0.1, 0.15) is 0 Å². The largest absolute Gasteiger partial charge is 0.462 e. The summed E-state index contributed by atoms with van der Waals surface area (Å²) in [5, 5.41) is 5.96. The van der Waals surface area contributed by atoms with Gasteiger partial charge in [-0.05, 0) is 38.6 Å². The topological polar surface area (TPSA) is 67.4 Å². The highest BCUT2D eigenvalue weighted by atomic mass is 16.5. The maximum Gasteiger partial charge on any atom is 0.338 e.